The number of ether oxygens (including phenoxy) is 1. The van der Waals surface area contributed by atoms with E-state index in [9.17, 15) is 14.7 Å². The number of aryl methyl sites for hydroxylation is 1. The number of Topliss-reactive ketones (excluding diaryl/α,β-unsaturated/α-hetero) is 1. The zero-order valence-electron chi connectivity index (χ0n) is 21.7. The Bertz CT molecular complexity index is 1090. The van der Waals surface area contributed by atoms with E-state index in [2.05, 4.69) is 18.7 Å². The summed E-state index contributed by atoms with van der Waals surface area (Å²) in [4.78, 5) is 32.2. The predicted molar refractivity (Wildman–Crippen MR) is 140 cm³/mol. The molecule has 1 atom stereocenters. The molecular weight excluding hydrogens is 442 g/mol. The van der Waals surface area contributed by atoms with E-state index in [1.165, 1.54) is 0 Å². The maximum atomic E-state index is 13.2. The molecular formula is C28H37N3O4. The number of likely N-dealkylation sites (tertiary alicyclic amines) is 1. The van der Waals surface area contributed by atoms with Gasteiger partial charge in [0.1, 0.15) is 11.5 Å². The molecule has 7 nitrogen and oxygen atoms in total. The van der Waals surface area contributed by atoms with Gasteiger partial charge in [0.15, 0.2) is 0 Å². The fourth-order valence-corrected chi connectivity index (χ4v) is 4.65. The Kier molecular flexibility index (Phi) is 8.57. The van der Waals surface area contributed by atoms with Crippen LogP contribution in [-0.4, -0.2) is 74.0 Å². The minimum absolute atomic E-state index is 0.125. The average Bonchev–Trinajstić information content (AvgIpc) is 3.09. The van der Waals surface area contributed by atoms with Crippen LogP contribution in [0.1, 0.15) is 43.0 Å². The molecule has 1 saturated heterocycles. The van der Waals surface area contributed by atoms with Gasteiger partial charge in [-0.05, 0) is 89.3 Å². The van der Waals surface area contributed by atoms with Crippen molar-refractivity contribution < 1.29 is 19.4 Å². The molecule has 1 aliphatic heterocycles. The summed E-state index contributed by atoms with van der Waals surface area (Å²) in [5.74, 6) is -0.705. The molecule has 2 aromatic carbocycles. The molecule has 1 fully saturated rings. The van der Waals surface area contributed by atoms with Crippen molar-refractivity contribution >= 4 is 23.1 Å². The molecule has 1 aliphatic rings. The number of amides is 1. The van der Waals surface area contributed by atoms with Crippen LogP contribution >= 0.6 is 0 Å². The molecule has 0 bridgehead atoms. The summed E-state index contributed by atoms with van der Waals surface area (Å²) in [6.07, 6.45) is 0.718. The Balaban J connectivity index is 2.09. The van der Waals surface area contributed by atoms with Crippen LogP contribution in [0.2, 0.25) is 0 Å². The number of carbonyl (C=O) groups is 2. The number of rotatable bonds is 10. The average molecular weight is 480 g/mol. The summed E-state index contributed by atoms with van der Waals surface area (Å²) in [5.41, 5.74) is 3.32. The standard InChI is InChI=1S/C28H37N3O4/c1-7-30(8-2)22-13-10-20(11-14-22)25-24(26(32)21-12-15-23(35-6)19(3)18-21)27(33)28(34)31(25)17-9-16-29(4)5/h10-15,18,25,32H,7-9,16-17H2,1-6H3/b26-24-. The van der Waals surface area contributed by atoms with Crippen molar-refractivity contribution in [3.63, 3.8) is 0 Å². The van der Waals surface area contributed by atoms with E-state index in [0.717, 1.165) is 42.9 Å². The maximum Gasteiger partial charge on any atom is 0.295 e. The monoisotopic (exact) mass is 479 g/mol. The van der Waals surface area contributed by atoms with Gasteiger partial charge in [-0.2, -0.15) is 0 Å². The number of nitrogens with zero attached hydrogens (tertiary/aromatic N) is 3. The van der Waals surface area contributed by atoms with Gasteiger partial charge in [0.05, 0.1) is 18.7 Å². The zero-order chi connectivity index (χ0) is 25.7. The van der Waals surface area contributed by atoms with Gasteiger partial charge < -0.3 is 24.5 Å². The van der Waals surface area contributed by atoms with Crippen molar-refractivity contribution in [3.8, 4) is 5.75 Å². The third kappa shape index (κ3) is 5.51. The lowest BCUT2D eigenvalue weighted by atomic mass is 9.94. The zero-order valence-corrected chi connectivity index (χ0v) is 21.7. The van der Waals surface area contributed by atoms with Crippen LogP contribution in [0.5, 0.6) is 5.75 Å². The van der Waals surface area contributed by atoms with Crippen LogP contribution in [0, 0.1) is 6.92 Å². The highest BCUT2D eigenvalue weighted by Crippen LogP contribution is 2.40. The number of aliphatic hydroxyl groups excluding tert-OH is 1. The highest BCUT2D eigenvalue weighted by molar-refractivity contribution is 6.46. The molecule has 0 aliphatic carbocycles. The van der Waals surface area contributed by atoms with E-state index in [1.54, 1.807) is 30.2 Å². The van der Waals surface area contributed by atoms with Crippen LogP contribution in [-0.2, 0) is 9.59 Å². The molecule has 2 aromatic rings. The topological polar surface area (TPSA) is 73.3 Å². The second-order valence-electron chi connectivity index (χ2n) is 9.10. The lowest BCUT2D eigenvalue weighted by molar-refractivity contribution is -0.139. The van der Waals surface area contributed by atoms with Crippen molar-refractivity contribution in [3.05, 3.63) is 64.7 Å². The lowest BCUT2D eigenvalue weighted by Gasteiger charge is -2.27. The molecule has 35 heavy (non-hydrogen) atoms. The third-order valence-electron chi connectivity index (χ3n) is 6.55. The summed E-state index contributed by atoms with van der Waals surface area (Å²) in [6.45, 7) is 9.06. The number of anilines is 1. The summed E-state index contributed by atoms with van der Waals surface area (Å²) < 4.78 is 5.33. The van der Waals surface area contributed by atoms with Gasteiger partial charge in [-0.1, -0.05) is 12.1 Å². The van der Waals surface area contributed by atoms with Crippen LogP contribution in [0.25, 0.3) is 5.76 Å². The quantitative estimate of drug-likeness (QED) is 0.312. The number of carbonyl (C=O) groups excluding carboxylic acids is 2. The minimum Gasteiger partial charge on any atom is -0.507 e. The second kappa shape index (κ2) is 11.4. The van der Waals surface area contributed by atoms with Gasteiger partial charge in [0, 0.05) is 30.9 Å². The highest BCUT2D eigenvalue weighted by atomic mass is 16.5. The maximum absolute atomic E-state index is 13.2. The van der Waals surface area contributed by atoms with Crippen molar-refractivity contribution in [1.82, 2.24) is 9.80 Å². The molecule has 1 heterocycles. The van der Waals surface area contributed by atoms with Gasteiger partial charge in [0.2, 0.25) is 0 Å². The Labute approximate surface area is 208 Å². The largest absolute Gasteiger partial charge is 0.507 e. The summed E-state index contributed by atoms with van der Waals surface area (Å²) >= 11 is 0. The van der Waals surface area contributed by atoms with Crippen molar-refractivity contribution in [2.24, 2.45) is 0 Å². The molecule has 0 radical (unpaired) electrons. The molecule has 0 aromatic heterocycles. The Morgan fingerprint density at radius 3 is 2.26 bits per heavy atom. The number of ketones is 1. The summed E-state index contributed by atoms with van der Waals surface area (Å²) in [7, 11) is 5.54. The molecule has 3 rings (SSSR count). The van der Waals surface area contributed by atoms with E-state index in [0.29, 0.717) is 17.9 Å². The molecule has 188 valence electrons. The molecule has 0 saturated carbocycles. The summed E-state index contributed by atoms with van der Waals surface area (Å²) in [6, 6.07) is 12.5. The first kappa shape index (κ1) is 26.3. The van der Waals surface area contributed by atoms with E-state index < -0.39 is 17.7 Å². The highest BCUT2D eigenvalue weighted by Gasteiger charge is 2.45. The Morgan fingerprint density at radius 1 is 1.06 bits per heavy atom. The minimum atomic E-state index is -0.654. The van der Waals surface area contributed by atoms with E-state index in [1.807, 2.05) is 50.2 Å². The van der Waals surface area contributed by atoms with Gasteiger partial charge >= 0.3 is 0 Å². The van der Waals surface area contributed by atoms with Gasteiger partial charge in [-0.3, -0.25) is 9.59 Å². The van der Waals surface area contributed by atoms with Gasteiger partial charge in [-0.15, -0.1) is 0 Å². The molecule has 1 unspecified atom stereocenters. The number of methoxy groups -OCH3 is 1. The first-order valence-electron chi connectivity index (χ1n) is 12.2. The predicted octanol–water partition coefficient (Wildman–Crippen LogP) is 4.22. The van der Waals surface area contributed by atoms with E-state index >= 15 is 0 Å². The number of benzene rings is 2. The number of hydrogen-bond acceptors (Lipinski definition) is 6. The van der Waals surface area contributed by atoms with Crippen molar-refractivity contribution in [1.29, 1.82) is 0 Å². The van der Waals surface area contributed by atoms with Crippen molar-refractivity contribution in [2.75, 3.05) is 52.3 Å². The fraction of sp³-hybridized carbons (Fsp3) is 0.429. The Hall–Kier alpha value is -3.32. The van der Waals surface area contributed by atoms with Crippen molar-refractivity contribution in [2.45, 2.75) is 33.2 Å². The van der Waals surface area contributed by atoms with Gasteiger partial charge in [0.25, 0.3) is 11.7 Å². The molecule has 0 spiro atoms. The molecule has 7 heteroatoms. The fourth-order valence-electron chi connectivity index (χ4n) is 4.65. The van der Waals surface area contributed by atoms with Crippen LogP contribution in [0.4, 0.5) is 5.69 Å². The van der Waals surface area contributed by atoms with Crippen LogP contribution in [0.3, 0.4) is 0 Å². The summed E-state index contributed by atoms with van der Waals surface area (Å²) in [5, 5.41) is 11.3. The molecule has 1 amide bonds. The Morgan fingerprint density at radius 2 is 1.71 bits per heavy atom. The SMILES string of the molecule is CCN(CC)c1ccc(C2/C(=C(/O)c3ccc(OC)c(C)c3)C(=O)C(=O)N2CCCN(C)C)cc1. The number of aliphatic hydroxyl groups is 1. The number of hydrogen-bond donors (Lipinski definition) is 1. The van der Waals surface area contributed by atoms with E-state index in [-0.39, 0.29) is 11.3 Å². The molecule has 1 N–H and O–H groups in total. The smallest absolute Gasteiger partial charge is 0.295 e. The first-order valence-corrected chi connectivity index (χ1v) is 12.2. The second-order valence-corrected chi connectivity index (χ2v) is 9.10. The normalized spacial score (nSPS) is 17.3. The first-order chi connectivity index (χ1) is 16.7. The van der Waals surface area contributed by atoms with Gasteiger partial charge in [-0.25, -0.2) is 0 Å². The third-order valence-corrected chi connectivity index (χ3v) is 6.55. The van der Waals surface area contributed by atoms with Crippen LogP contribution in [0.15, 0.2) is 48.0 Å². The lowest BCUT2D eigenvalue weighted by Crippen LogP contribution is -2.32. The van der Waals surface area contributed by atoms with Crippen LogP contribution < -0.4 is 9.64 Å². The van der Waals surface area contributed by atoms with E-state index in [4.69, 9.17) is 4.74 Å².